The zero-order valence-corrected chi connectivity index (χ0v) is 13.0. The molecule has 0 spiro atoms. The first kappa shape index (κ1) is 17.1. The van der Waals surface area contributed by atoms with Crippen LogP contribution < -0.4 is 5.32 Å². The van der Waals surface area contributed by atoms with Crippen molar-refractivity contribution in [1.82, 2.24) is 5.32 Å². The third-order valence-corrected chi connectivity index (χ3v) is 4.15. The Balaban J connectivity index is 2.55. The van der Waals surface area contributed by atoms with Crippen LogP contribution in [0.1, 0.15) is 31.7 Å². The Kier molecular flexibility index (Phi) is 7.16. The van der Waals surface area contributed by atoms with Crippen LogP contribution in [0.3, 0.4) is 0 Å². The molecule has 0 aromatic heterocycles. The Hall–Kier alpha value is -0.940. The first-order chi connectivity index (χ1) is 9.40. The van der Waals surface area contributed by atoms with Crippen molar-refractivity contribution in [3.05, 3.63) is 35.6 Å². The minimum atomic E-state index is -2.91. The van der Waals surface area contributed by atoms with Crippen LogP contribution in [0.4, 0.5) is 4.39 Å². The van der Waals surface area contributed by atoms with E-state index in [2.05, 4.69) is 12.2 Å². The van der Waals surface area contributed by atoms with Gasteiger partial charge in [-0.05, 0) is 49.9 Å². The Morgan fingerprint density at radius 3 is 2.70 bits per heavy atom. The number of nitrogens with one attached hydrogen (secondary N) is 1. The van der Waals surface area contributed by atoms with Gasteiger partial charge in [0, 0.05) is 18.1 Å². The fourth-order valence-electron chi connectivity index (χ4n) is 2.17. The Labute approximate surface area is 121 Å². The van der Waals surface area contributed by atoms with E-state index < -0.39 is 9.84 Å². The number of sulfone groups is 1. The summed E-state index contributed by atoms with van der Waals surface area (Å²) in [4.78, 5) is 0. The van der Waals surface area contributed by atoms with Gasteiger partial charge in [0.25, 0.3) is 0 Å². The lowest BCUT2D eigenvalue weighted by molar-refractivity contribution is 0.471. The van der Waals surface area contributed by atoms with Gasteiger partial charge in [-0.2, -0.15) is 0 Å². The molecule has 1 atom stereocenters. The van der Waals surface area contributed by atoms with E-state index in [4.69, 9.17) is 0 Å². The van der Waals surface area contributed by atoms with Gasteiger partial charge in [-0.25, -0.2) is 12.8 Å². The zero-order valence-electron chi connectivity index (χ0n) is 12.2. The number of benzene rings is 1. The zero-order chi connectivity index (χ0) is 15.0. The van der Waals surface area contributed by atoms with Crippen molar-refractivity contribution < 1.29 is 12.8 Å². The van der Waals surface area contributed by atoms with Crippen LogP contribution in [-0.2, 0) is 16.3 Å². The molecule has 0 saturated carbocycles. The summed E-state index contributed by atoms with van der Waals surface area (Å²) in [5.74, 6) is -0.0200. The molecule has 0 aliphatic carbocycles. The topological polar surface area (TPSA) is 46.2 Å². The van der Waals surface area contributed by atoms with Gasteiger partial charge >= 0.3 is 0 Å². The van der Waals surface area contributed by atoms with Crippen LogP contribution in [0.15, 0.2) is 24.3 Å². The van der Waals surface area contributed by atoms with Crippen LogP contribution in [0.2, 0.25) is 0 Å². The van der Waals surface area contributed by atoms with Gasteiger partial charge in [0.05, 0.1) is 0 Å². The number of hydrogen-bond donors (Lipinski definition) is 1. The summed E-state index contributed by atoms with van der Waals surface area (Å²) in [5.41, 5.74) is 0.943. The highest BCUT2D eigenvalue weighted by Crippen LogP contribution is 2.10. The quantitative estimate of drug-likeness (QED) is 0.762. The molecule has 0 fully saturated rings. The van der Waals surface area contributed by atoms with E-state index in [1.54, 1.807) is 6.07 Å². The summed E-state index contributed by atoms with van der Waals surface area (Å²) in [6.45, 7) is 2.97. The second kappa shape index (κ2) is 8.37. The van der Waals surface area contributed by atoms with Gasteiger partial charge in [0.1, 0.15) is 15.7 Å². The lowest BCUT2D eigenvalue weighted by atomic mass is 10.0. The van der Waals surface area contributed by atoms with Gasteiger partial charge < -0.3 is 5.32 Å². The van der Waals surface area contributed by atoms with Crippen molar-refractivity contribution in [2.24, 2.45) is 0 Å². The molecule has 5 heteroatoms. The normalized spacial score (nSPS) is 13.3. The first-order valence-corrected chi connectivity index (χ1v) is 9.12. The highest BCUT2D eigenvalue weighted by molar-refractivity contribution is 7.90. The van der Waals surface area contributed by atoms with Crippen molar-refractivity contribution >= 4 is 9.84 Å². The summed E-state index contributed by atoms with van der Waals surface area (Å²) in [5, 5.41) is 3.41. The third-order valence-electron chi connectivity index (χ3n) is 3.12. The molecule has 114 valence electrons. The molecular weight excluding hydrogens is 277 g/mol. The maximum absolute atomic E-state index is 13.2. The third kappa shape index (κ3) is 7.60. The van der Waals surface area contributed by atoms with Gasteiger partial charge in [-0.15, -0.1) is 0 Å². The lowest BCUT2D eigenvalue weighted by Crippen LogP contribution is -2.32. The monoisotopic (exact) mass is 301 g/mol. The van der Waals surface area contributed by atoms with Gasteiger partial charge in [0.15, 0.2) is 0 Å². The number of halogens is 1. The van der Waals surface area contributed by atoms with Crippen molar-refractivity contribution in [2.45, 2.75) is 38.6 Å². The summed E-state index contributed by atoms with van der Waals surface area (Å²) >= 11 is 0. The van der Waals surface area contributed by atoms with Crippen LogP contribution in [0, 0.1) is 5.82 Å². The van der Waals surface area contributed by atoms with Crippen LogP contribution >= 0.6 is 0 Å². The molecule has 0 radical (unpaired) electrons. The molecule has 1 unspecified atom stereocenters. The highest BCUT2D eigenvalue weighted by atomic mass is 32.2. The molecule has 1 aromatic carbocycles. The Morgan fingerprint density at radius 1 is 1.35 bits per heavy atom. The molecule has 1 aromatic rings. The smallest absolute Gasteiger partial charge is 0.147 e. The molecule has 0 heterocycles. The minimum Gasteiger partial charge on any atom is -0.314 e. The molecule has 0 bridgehead atoms. The Bertz CT molecular complexity index is 502. The number of hydrogen-bond acceptors (Lipinski definition) is 3. The molecular formula is C15H24FNO2S. The summed E-state index contributed by atoms with van der Waals surface area (Å²) < 4.78 is 35.5. The molecule has 3 nitrogen and oxygen atoms in total. The molecule has 1 rings (SSSR count). The molecule has 20 heavy (non-hydrogen) atoms. The summed E-state index contributed by atoms with van der Waals surface area (Å²) in [6.07, 6.45) is 4.42. The molecule has 0 aliphatic rings. The molecule has 1 N–H and O–H groups in total. The average Bonchev–Trinajstić information content (AvgIpc) is 2.34. The fourth-order valence-corrected chi connectivity index (χ4v) is 2.86. The average molecular weight is 301 g/mol. The van der Waals surface area contributed by atoms with E-state index in [9.17, 15) is 12.8 Å². The van der Waals surface area contributed by atoms with E-state index in [1.165, 1.54) is 18.4 Å². The molecule has 0 saturated heterocycles. The van der Waals surface area contributed by atoms with E-state index in [1.807, 2.05) is 6.07 Å². The van der Waals surface area contributed by atoms with E-state index in [-0.39, 0.29) is 17.6 Å². The van der Waals surface area contributed by atoms with E-state index >= 15 is 0 Å². The molecule has 0 aliphatic heterocycles. The van der Waals surface area contributed by atoms with Crippen molar-refractivity contribution in [1.29, 1.82) is 0 Å². The largest absolute Gasteiger partial charge is 0.314 e. The SMILES string of the molecule is CCCNC(CCCS(C)(=O)=O)Cc1cccc(F)c1. The highest BCUT2D eigenvalue weighted by Gasteiger charge is 2.11. The minimum absolute atomic E-state index is 0.193. The fraction of sp³-hybridized carbons (Fsp3) is 0.600. The van der Waals surface area contributed by atoms with Crippen LogP contribution in [0.25, 0.3) is 0 Å². The van der Waals surface area contributed by atoms with Crippen molar-refractivity contribution in [3.8, 4) is 0 Å². The van der Waals surface area contributed by atoms with E-state index in [0.29, 0.717) is 6.42 Å². The van der Waals surface area contributed by atoms with Crippen molar-refractivity contribution in [2.75, 3.05) is 18.6 Å². The van der Waals surface area contributed by atoms with Crippen LogP contribution in [0.5, 0.6) is 0 Å². The maximum atomic E-state index is 13.2. The van der Waals surface area contributed by atoms with E-state index in [0.717, 1.165) is 31.4 Å². The summed E-state index contributed by atoms with van der Waals surface area (Å²) in [7, 11) is -2.91. The van der Waals surface area contributed by atoms with Crippen LogP contribution in [-0.4, -0.2) is 33.0 Å². The number of rotatable bonds is 9. The second-order valence-corrected chi connectivity index (χ2v) is 7.52. The van der Waals surface area contributed by atoms with Gasteiger partial charge in [0.2, 0.25) is 0 Å². The second-order valence-electron chi connectivity index (χ2n) is 5.26. The predicted octanol–water partition coefficient (Wildman–Crippen LogP) is 2.56. The molecule has 0 amide bonds. The van der Waals surface area contributed by atoms with Gasteiger partial charge in [-0.1, -0.05) is 19.1 Å². The maximum Gasteiger partial charge on any atom is 0.147 e. The predicted molar refractivity (Wildman–Crippen MR) is 81.1 cm³/mol. The van der Waals surface area contributed by atoms with Crippen molar-refractivity contribution in [3.63, 3.8) is 0 Å². The Morgan fingerprint density at radius 2 is 2.10 bits per heavy atom. The summed E-state index contributed by atoms with van der Waals surface area (Å²) in [6, 6.07) is 6.77. The standard InChI is InChI=1S/C15H24FNO2S/c1-3-9-17-15(8-5-10-20(2,18)19)12-13-6-4-7-14(16)11-13/h4,6-7,11,15,17H,3,5,8-10,12H2,1-2H3. The lowest BCUT2D eigenvalue weighted by Gasteiger charge is -2.18. The van der Waals surface area contributed by atoms with Gasteiger partial charge in [-0.3, -0.25) is 0 Å². The first-order valence-electron chi connectivity index (χ1n) is 7.06.